The van der Waals surface area contributed by atoms with Crippen molar-refractivity contribution in [3.63, 3.8) is 0 Å². The SMILES string of the molecule is c1ccc(-c2ccc(N(c3ccc(-c4ccccc4)cc3)c3ccc4c(ccc5c6ccccc6n(-c6ccccc6)c45)c3)cc2)cc1.c1ccc(-c2ccc(N(c3ccc(-c4ccccc4)cc3)c3cccc4ccc5c6ccccc6n(-c6ccccc6)c5c34)cc2)cc1.c1ccc(-c2ccc(N(c3ccc(-c4ccccc4)cc3)c3cccc4ccc5c6ccccc6n(-c6ccccc6)c5c34)cc2)cc1. The van der Waals surface area contributed by atoms with E-state index < -0.39 is 0 Å². The summed E-state index contributed by atoms with van der Waals surface area (Å²) in [6, 6.07) is 210. The Balaban J connectivity index is 0.000000113. The molecule has 3 heterocycles. The molecule has 0 N–H and O–H groups in total. The average Bonchev–Trinajstić information content (AvgIpc) is 1.57. The Hall–Kier alpha value is -19.1. The van der Waals surface area contributed by atoms with Crippen LogP contribution in [0.5, 0.6) is 0 Å². The maximum Gasteiger partial charge on any atom is 0.0640 e. The highest BCUT2D eigenvalue weighted by atomic mass is 15.2. The summed E-state index contributed by atoms with van der Waals surface area (Å²) in [7, 11) is 0. The standard InChI is InChI=1S/3C46H32N2/c2*1-4-13-33(14-5-1)35-23-28-39(29-24-35)47(40-30-25-36(26-31-40)34-15-6-2-7-16-34)44-22-12-17-37-27-32-42-41-20-10-11-21-43(41)48(46(42)45(37)44)38-18-8-3-9-19-38;1-4-12-33(13-5-1)35-20-25-39(26-21-35)47(40-27-22-36(23-28-40)34-14-6-2-7-15-34)41-29-31-42-37(32-41)24-30-44-43-18-10-11-19-45(43)48(46(42)44)38-16-8-3-9-17-38/h3*1-32H. The normalized spacial score (nSPS) is 11.3. The summed E-state index contributed by atoms with van der Waals surface area (Å²) in [6.45, 7) is 0. The van der Waals surface area contributed by atoms with E-state index >= 15 is 0 Å². The van der Waals surface area contributed by atoms with Gasteiger partial charge in [-0.05, 0) is 235 Å². The molecule has 0 radical (unpaired) electrons. The fourth-order valence-electron chi connectivity index (χ4n) is 21.3. The second-order valence-electron chi connectivity index (χ2n) is 36.6. The number of aromatic nitrogens is 3. The van der Waals surface area contributed by atoms with Gasteiger partial charge >= 0.3 is 0 Å². The van der Waals surface area contributed by atoms with Crippen LogP contribution >= 0.6 is 0 Å². The smallest absolute Gasteiger partial charge is 0.0640 e. The van der Waals surface area contributed by atoms with Gasteiger partial charge < -0.3 is 28.4 Å². The molecule has 0 atom stereocenters. The van der Waals surface area contributed by atoms with Gasteiger partial charge in [-0.25, -0.2) is 0 Å². The van der Waals surface area contributed by atoms with Crippen LogP contribution < -0.4 is 14.7 Å². The summed E-state index contributed by atoms with van der Waals surface area (Å²) < 4.78 is 7.28. The van der Waals surface area contributed by atoms with Crippen molar-refractivity contribution in [3.05, 3.63) is 582 Å². The van der Waals surface area contributed by atoms with Crippen molar-refractivity contribution >= 4 is 149 Å². The molecule has 0 saturated carbocycles. The first kappa shape index (κ1) is 86.4. The first-order valence-electron chi connectivity index (χ1n) is 49.3. The van der Waals surface area contributed by atoms with Gasteiger partial charge in [-0.3, -0.25) is 0 Å². The Morgan fingerprint density at radius 1 is 0.125 bits per heavy atom. The van der Waals surface area contributed by atoms with E-state index in [1.165, 1.54) is 170 Å². The molecule has 0 spiro atoms. The minimum Gasteiger partial charge on any atom is -0.310 e. The van der Waals surface area contributed by atoms with Gasteiger partial charge in [0.15, 0.2) is 0 Å². The van der Waals surface area contributed by atoms with Crippen LogP contribution in [0.1, 0.15) is 0 Å². The summed E-state index contributed by atoms with van der Waals surface area (Å²) in [5, 5.41) is 14.8. The minimum absolute atomic E-state index is 1.11. The van der Waals surface area contributed by atoms with Gasteiger partial charge in [-0.1, -0.05) is 431 Å². The average molecular weight is 1840 g/mol. The predicted molar refractivity (Wildman–Crippen MR) is 612 cm³/mol. The third-order valence-electron chi connectivity index (χ3n) is 28.1. The fourth-order valence-corrected chi connectivity index (χ4v) is 21.3. The van der Waals surface area contributed by atoms with E-state index in [2.05, 4.69) is 611 Å². The highest BCUT2D eigenvalue weighted by Gasteiger charge is 2.27. The van der Waals surface area contributed by atoms with E-state index in [-0.39, 0.29) is 0 Å². The first-order valence-corrected chi connectivity index (χ1v) is 49.3. The van der Waals surface area contributed by atoms with Gasteiger partial charge in [-0.15, -0.1) is 0 Å². The number of hydrogen-bond acceptors (Lipinski definition) is 3. The van der Waals surface area contributed by atoms with E-state index in [1.54, 1.807) is 0 Å². The molecule has 0 aliphatic rings. The van der Waals surface area contributed by atoms with Crippen molar-refractivity contribution in [2.24, 2.45) is 0 Å². The quantitative estimate of drug-likeness (QED) is 0.0856. The van der Waals surface area contributed by atoms with Crippen LogP contribution in [0.2, 0.25) is 0 Å². The molecule has 0 aliphatic heterocycles. The van der Waals surface area contributed by atoms with Crippen molar-refractivity contribution in [1.82, 2.24) is 13.7 Å². The van der Waals surface area contributed by atoms with Crippen molar-refractivity contribution in [1.29, 1.82) is 0 Å². The molecule has 0 amide bonds. The molecule has 27 rings (SSSR count). The number of nitrogens with zero attached hydrogens (tertiary/aromatic N) is 6. The molecule has 6 heteroatoms. The Kier molecular flexibility index (Phi) is 23.0. The molecule has 3 aromatic heterocycles. The van der Waals surface area contributed by atoms with Crippen LogP contribution in [0.25, 0.3) is 182 Å². The Bertz CT molecular complexity index is 8650. The van der Waals surface area contributed by atoms with Crippen molar-refractivity contribution < 1.29 is 0 Å². The summed E-state index contributed by atoms with van der Waals surface area (Å²) >= 11 is 0. The monoisotopic (exact) mass is 1840 g/mol. The number of benzene rings is 24. The molecule has 0 unspecified atom stereocenters. The van der Waals surface area contributed by atoms with Crippen LogP contribution in [-0.2, 0) is 0 Å². The molecule has 0 fully saturated rings. The van der Waals surface area contributed by atoms with E-state index in [1.807, 2.05) is 0 Å². The first-order chi connectivity index (χ1) is 71.5. The van der Waals surface area contributed by atoms with Gasteiger partial charge in [0.2, 0.25) is 0 Å². The van der Waals surface area contributed by atoms with Crippen molar-refractivity contribution in [3.8, 4) is 83.8 Å². The third kappa shape index (κ3) is 16.4. The van der Waals surface area contributed by atoms with E-state index in [9.17, 15) is 0 Å². The lowest BCUT2D eigenvalue weighted by Gasteiger charge is -2.28. The summed E-state index contributed by atoms with van der Waals surface area (Å²) in [4.78, 5) is 7.19. The number of rotatable bonds is 18. The largest absolute Gasteiger partial charge is 0.310 e. The van der Waals surface area contributed by atoms with Crippen LogP contribution in [0, 0.1) is 0 Å². The number of anilines is 9. The maximum absolute atomic E-state index is 2.44. The van der Waals surface area contributed by atoms with E-state index in [0.29, 0.717) is 0 Å². The lowest BCUT2D eigenvalue weighted by molar-refractivity contribution is 1.18. The van der Waals surface area contributed by atoms with E-state index in [0.717, 1.165) is 62.6 Å². The van der Waals surface area contributed by atoms with Crippen LogP contribution in [0.3, 0.4) is 0 Å². The minimum atomic E-state index is 1.11. The van der Waals surface area contributed by atoms with Crippen LogP contribution in [0.4, 0.5) is 51.2 Å². The second kappa shape index (κ2) is 38.3. The zero-order chi connectivity index (χ0) is 95.6. The summed E-state index contributed by atoms with van der Waals surface area (Å²) in [5.41, 5.74) is 35.2. The lowest BCUT2D eigenvalue weighted by Crippen LogP contribution is -2.11. The van der Waals surface area contributed by atoms with Crippen molar-refractivity contribution in [2.45, 2.75) is 0 Å². The molecule has 0 bridgehead atoms. The molecule has 144 heavy (non-hydrogen) atoms. The zero-order valence-electron chi connectivity index (χ0n) is 79.1. The molecule has 678 valence electrons. The molecule has 6 nitrogen and oxygen atoms in total. The summed E-state index contributed by atoms with van der Waals surface area (Å²) in [6.07, 6.45) is 0. The molecule has 0 aliphatic carbocycles. The van der Waals surface area contributed by atoms with Crippen LogP contribution in [-0.4, -0.2) is 13.7 Å². The maximum atomic E-state index is 2.44. The second-order valence-corrected chi connectivity index (χ2v) is 36.6. The highest BCUT2D eigenvalue weighted by molar-refractivity contribution is 6.25. The van der Waals surface area contributed by atoms with Gasteiger partial charge in [0.1, 0.15) is 0 Å². The molecule has 27 aromatic rings. The third-order valence-corrected chi connectivity index (χ3v) is 28.1. The number of fused-ring (bicyclic) bond motifs is 15. The Morgan fingerprint density at radius 2 is 0.340 bits per heavy atom. The van der Waals surface area contributed by atoms with Gasteiger partial charge in [0.25, 0.3) is 0 Å². The zero-order valence-corrected chi connectivity index (χ0v) is 79.1. The van der Waals surface area contributed by atoms with Gasteiger partial charge in [-0.2, -0.15) is 0 Å². The van der Waals surface area contributed by atoms with Gasteiger partial charge in [0, 0.05) is 105 Å². The molecule has 24 aromatic carbocycles. The number of para-hydroxylation sites is 6. The van der Waals surface area contributed by atoms with Crippen molar-refractivity contribution in [2.75, 3.05) is 14.7 Å². The topological polar surface area (TPSA) is 24.5 Å². The Morgan fingerprint density at radius 3 is 0.625 bits per heavy atom. The predicted octanol–water partition coefficient (Wildman–Crippen LogP) is 38.2. The van der Waals surface area contributed by atoms with Crippen LogP contribution in [0.15, 0.2) is 582 Å². The molecular weight excluding hydrogens is 1740 g/mol. The molecular formula is C138H96N6. The fraction of sp³-hybridized carbons (Fsp3) is 0. The summed E-state index contributed by atoms with van der Waals surface area (Å²) in [5.74, 6) is 0. The number of hydrogen-bond donors (Lipinski definition) is 0. The lowest BCUT2D eigenvalue weighted by atomic mass is 10.0. The van der Waals surface area contributed by atoms with E-state index in [4.69, 9.17) is 0 Å². The Labute approximate surface area is 837 Å². The molecule has 0 saturated heterocycles. The van der Waals surface area contributed by atoms with Gasteiger partial charge in [0.05, 0.1) is 44.5 Å². The highest BCUT2D eigenvalue weighted by Crippen LogP contribution is 2.50.